The molecule has 2 rings (SSSR count). The Hall–Kier alpha value is -1.86. The van der Waals surface area contributed by atoms with Crippen molar-refractivity contribution in [2.24, 2.45) is 0 Å². The van der Waals surface area contributed by atoms with Crippen LogP contribution in [0.3, 0.4) is 0 Å². The molecule has 1 amide bonds. The Balaban J connectivity index is 2.06. The highest BCUT2D eigenvalue weighted by Gasteiger charge is 2.31. The van der Waals surface area contributed by atoms with Gasteiger partial charge in [-0.1, -0.05) is 43.0 Å². The summed E-state index contributed by atoms with van der Waals surface area (Å²) in [6.07, 6.45) is 3.12. The molecule has 1 aliphatic heterocycles. The Bertz CT molecular complexity index is 672. The zero-order valence-electron chi connectivity index (χ0n) is 13.4. The van der Waals surface area contributed by atoms with Gasteiger partial charge in [0, 0.05) is 13.0 Å². The quantitative estimate of drug-likeness (QED) is 0.561. The first-order valence-electron chi connectivity index (χ1n) is 7.71. The summed E-state index contributed by atoms with van der Waals surface area (Å²) in [6, 6.07) is 7.54. The minimum absolute atomic E-state index is 0.0208. The topological polar surface area (TPSA) is 66.8 Å². The molecular formula is C17H19NO4S2. The molecule has 0 aliphatic carbocycles. The minimum atomic E-state index is -0.875. The van der Waals surface area contributed by atoms with Crippen LogP contribution >= 0.6 is 24.0 Å². The molecule has 7 heteroatoms. The number of hydrogen-bond acceptors (Lipinski definition) is 5. The predicted molar refractivity (Wildman–Crippen MR) is 99.0 cm³/mol. The lowest BCUT2D eigenvalue weighted by Crippen LogP contribution is -2.29. The fourth-order valence-corrected chi connectivity index (χ4v) is 3.46. The SMILES string of the molecule is CCCOc1cccc(/C=C2/SC(=S)N(CCCC(=O)O)C2=O)c1. The van der Waals surface area contributed by atoms with Crippen LogP contribution < -0.4 is 4.74 Å². The van der Waals surface area contributed by atoms with Gasteiger partial charge in [-0.05, 0) is 36.6 Å². The molecule has 0 spiro atoms. The Kier molecular flexibility index (Phi) is 6.81. The smallest absolute Gasteiger partial charge is 0.303 e. The van der Waals surface area contributed by atoms with Crippen LogP contribution in [0.1, 0.15) is 31.7 Å². The molecule has 0 unspecified atom stereocenters. The number of amides is 1. The van der Waals surface area contributed by atoms with E-state index in [0.29, 0.717) is 28.8 Å². The Morgan fingerprint density at radius 2 is 2.25 bits per heavy atom. The molecule has 24 heavy (non-hydrogen) atoms. The van der Waals surface area contributed by atoms with Crippen molar-refractivity contribution in [3.05, 3.63) is 34.7 Å². The lowest BCUT2D eigenvalue weighted by molar-refractivity contribution is -0.137. The molecule has 1 saturated heterocycles. The largest absolute Gasteiger partial charge is 0.494 e. The van der Waals surface area contributed by atoms with Crippen LogP contribution in [0.25, 0.3) is 6.08 Å². The van der Waals surface area contributed by atoms with Crippen LogP contribution in [-0.4, -0.2) is 39.4 Å². The van der Waals surface area contributed by atoms with Gasteiger partial charge in [0.25, 0.3) is 5.91 Å². The Labute approximate surface area is 150 Å². The number of rotatable bonds is 8. The highest BCUT2D eigenvalue weighted by molar-refractivity contribution is 8.26. The van der Waals surface area contributed by atoms with E-state index < -0.39 is 5.97 Å². The normalized spacial score (nSPS) is 16.0. The van der Waals surface area contributed by atoms with E-state index >= 15 is 0 Å². The number of thiocarbonyl (C=S) groups is 1. The molecule has 0 bridgehead atoms. The van der Waals surface area contributed by atoms with Crippen molar-refractivity contribution in [2.45, 2.75) is 26.2 Å². The third-order valence-electron chi connectivity index (χ3n) is 3.27. The molecule has 1 N–H and O–H groups in total. The number of carboxylic acid groups (broad SMARTS) is 1. The molecule has 0 saturated carbocycles. The second-order valence-corrected chi connectivity index (χ2v) is 6.93. The summed E-state index contributed by atoms with van der Waals surface area (Å²) < 4.78 is 6.06. The molecule has 0 aromatic heterocycles. The molecule has 5 nitrogen and oxygen atoms in total. The monoisotopic (exact) mass is 365 g/mol. The molecule has 1 fully saturated rings. The van der Waals surface area contributed by atoms with Gasteiger partial charge in [0.05, 0.1) is 11.5 Å². The highest BCUT2D eigenvalue weighted by Crippen LogP contribution is 2.33. The molecule has 128 valence electrons. The average Bonchev–Trinajstić information content (AvgIpc) is 2.80. The maximum absolute atomic E-state index is 12.4. The van der Waals surface area contributed by atoms with E-state index in [0.717, 1.165) is 17.7 Å². The molecule has 0 atom stereocenters. The number of aliphatic carboxylic acids is 1. The van der Waals surface area contributed by atoms with Crippen LogP contribution in [0.2, 0.25) is 0 Å². The van der Waals surface area contributed by atoms with E-state index in [9.17, 15) is 9.59 Å². The van der Waals surface area contributed by atoms with Crippen molar-refractivity contribution in [1.29, 1.82) is 0 Å². The second-order valence-electron chi connectivity index (χ2n) is 5.25. The molecule has 0 radical (unpaired) electrons. The summed E-state index contributed by atoms with van der Waals surface area (Å²) in [5.41, 5.74) is 0.870. The predicted octanol–water partition coefficient (Wildman–Crippen LogP) is 3.54. The van der Waals surface area contributed by atoms with E-state index in [4.69, 9.17) is 22.1 Å². The van der Waals surface area contributed by atoms with Crippen LogP contribution in [0.15, 0.2) is 29.2 Å². The summed E-state index contributed by atoms with van der Waals surface area (Å²) in [6.45, 7) is 3.02. The number of nitrogens with zero attached hydrogens (tertiary/aromatic N) is 1. The highest BCUT2D eigenvalue weighted by atomic mass is 32.2. The minimum Gasteiger partial charge on any atom is -0.494 e. The standard InChI is InChI=1S/C17H19NO4S2/c1-2-9-22-13-6-3-5-12(10-13)11-14-16(21)18(17(23)24-14)8-4-7-15(19)20/h3,5-6,10-11H,2,4,7-9H2,1H3,(H,19,20)/b14-11+. The zero-order chi connectivity index (χ0) is 17.5. The average molecular weight is 365 g/mol. The van der Waals surface area contributed by atoms with Gasteiger partial charge >= 0.3 is 5.97 Å². The summed E-state index contributed by atoms with van der Waals surface area (Å²) in [7, 11) is 0. The van der Waals surface area contributed by atoms with Crippen LogP contribution in [0.4, 0.5) is 0 Å². The molecular weight excluding hydrogens is 346 g/mol. The van der Waals surface area contributed by atoms with Crippen molar-refractivity contribution >= 4 is 46.3 Å². The molecule has 1 aromatic carbocycles. The summed E-state index contributed by atoms with van der Waals surface area (Å²) >= 11 is 6.47. The fraction of sp³-hybridized carbons (Fsp3) is 0.353. The maximum Gasteiger partial charge on any atom is 0.303 e. The fourth-order valence-electron chi connectivity index (χ4n) is 2.15. The molecule has 1 aromatic rings. The zero-order valence-corrected chi connectivity index (χ0v) is 15.0. The number of carbonyl (C=O) groups excluding carboxylic acids is 1. The van der Waals surface area contributed by atoms with Gasteiger partial charge in [-0.3, -0.25) is 14.5 Å². The number of carbonyl (C=O) groups is 2. The maximum atomic E-state index is 12.4. The van der Waals surface area contributed by atoms with Crippen LogP contribution in [0.5, 0.6) is 5.75 Å². The van der Waals surface area contributed by atoms with Crippen LogP contribution in [0, 0.1) is 0 Å². The summed E-state index contributed by atoms with van der Waals surface area (Å²) in [5, 5.41) is 8.69. The number of carboxylic acids is 1. The van der Waals surface area contributed by atoms with E-state index in [1.807, 2.05) is 31.2 Å². The first-order chi connectivity index (χ1) is 11.5. The Morgan fingerprint density at radius 3 is 2.96 bits per heavy atom. The van der Waals surface area contributed by atoms with E-state index in [1.165, 1.54) is 16.7 Å². The van der Waals surface area contributed by atoms with Crippen molar-refractivity contribution in [3.8, 4) is 5.75 Å². The number of ether oxygens (including phenoxy) is 1. The number of hydrogen-bond donors (Lipinski definition) is 1. The molecule has 1 heterocycles. The second kappa shape index (κ2) is 8.84. The summed E-state index contributed by atoms with van der Waals surface area (Å²) in [5.74, 6) is -0.280. The number of thioether (sulfide) groups is 1. The van der Waals surface area contributed by atoms with Gasteiger partial charge in [0.1, 0.15) is 10.1 Å². The van der Waals surface area contributed by atoms with Crippen LogP contribution in [-0.2, 0) is 9.59 Å². The van der Waals surface area contributed by atoms with Crippen molar-refractivity contribution < 1.29 is 19.4 Å². The summed E-state index contributed by atoms with van der Waals surface area (Å²) in [4.78, 5) is 25.0. The third kappa shape index (κ3) is 5.07. The number of benzene rings is 1. The first kappa shape index (κ1) is 18.5. The van der Waals surface area contributed by atoms with Crippen molar-refractivity contribution in [1.82, 2.24) is 4.90 Å². The van der Waals surface area contributed by atoms with Gasteiger partial charge in [-0.2, -0.15) is 0 Å². The first-order valence-corrected chi connectivity index (χ1v) is 8.93. The van der Waals surface area contributed by atoms with Crippen molar-refractivity contribution in [2.75, 3.05) is 13.2 Å². The lowest BCUT2D eigenvalue weighted by atomic mass is 10.2. The van der Waals surface area contributed by atoms with Gasteiger partial charge < -0.3 is 9.84 Å². The van der Waals surface area contributed by atoms with Gasteiger partial charge in [0.15, 0.2) is 0 Å². The van der Waals surface area contributed by atoms with E-state index in [2.05, 4.69) is 0 Å². The Morgan fingerprint density at radius 1 is 1.46 bits per heavy atom. The van der Waals surface area contributed by atoms with E-state index in [1.54, 1.807) is 6.08 Å². The van der Waals surface area contributed by atoms with Gasteiger partial charge in [-0.15, -0.1) is 0 Å². The van der Waals surface area contributed by atoms with E-state index in [-0.39, 0.29) is 12.3 Å². The van der Waals surface area contributed by atoms with Gasteiger partial charge in [-0.25, -0.2) is 0 Å². The van der Waals surface area contributed by atoms with Crippen molar-refractivity contribution in [3.63, 3.8) is 0 Å². The van der Waals surface area contributed by atoms with Gasteiger partial charge in [0.2, 0.25) is 0 Å². The third-order valence-corrected chi connectivity index (χ3v) is 4.65. The lowest BCUT2D eigenvalue weighted by Gasteiger charge is -2.13. The molecule has 1 aliphatic rings.